The molecule has 4 nitrogen and oxygen atoms in total. The van der Waals surface area contributed by atoms with Gasteiger partial charge in [0.05, 0.1) is 25.8 Å². The summed E-state index contributed by atoms with van der Waals surface area (Å²) < 4.78 is 30.3. The fraction of sp³-hybridized carbons (Fsp3) is 0.889. The van der Waals surface area contributed by atoms with E-state index in [1.807, 2.05) is 13.8 Å². The first-order valence-corrected chi connectivity index (χ1v) is 4.83. The zero-order valence-corrected chi connectivity index (χ0v) is 9.06. The van der Waals surface area contributed by atoms with Gasteiger partial charge in [-0.1, -0.05) is 0 Å². The van der Waals surface area contributed by atoms with Crippen molar-refractivity contribution in [3.63, 3.8) is 0 Å². The van der Waals surface area contributed by atoms with E-state index in [1.54, 1.807) is 0 Å². The van der Waals surface area contributed by atoms with Crippen LogP contribution in [0.1, 0.15) is 20.3 Å². The molecule has 0 fully saturated rings. The number of nitrogens with two attached hydrogens (primary N) is 1. The molecule has 0 bridgehead atoms. The van der Waals surface area contributed by atoms with Crippen LogP contribution in [0.15, 0.2) is 0 Å². The number of rotatable bonds is 7. The van der Waals surface area contributed by atoms with E-state index >= 15 is 0 Å². The molecule has 0 saturated carbocycles. The Kier molecular flexibility index (Phi) is 6.35. The number of halogens is 2. The lowest BCUT2D eigenvalue weighted by molar-refractivity contribution is -0.124. The third-order valence-corrected chi connectivity index (χ3v) is 1.62. The summed E-state index contributed by atoms with van der Waals surface area (Å²) in [4.78, 5) is 11.0. The Hall–Kier alpha value is -0.750. The van der Waals surface area contributed by atoms with Crippen LogP contribution in [-0.4, -0.2) is 37.6 Å². The molecule has 0 spiro atoms. The zero-order valence-electron chi connectivity index (χ0n) is 9.06. The zero-order chi connectivity index (χ0) is 11.9. The van der Waals surface area contributed by atoms with Crippen molar-refractivity contribution in [1.29, 1.82) is 0 Å². The number of nitrogens with one attached hydrogen (secondary N) is 1. The van der Waals surface area contributed by atoms with Crippen molar-refractivity contribution in [2.24, 2.45) is 5.73 Å². The fourth-order valence-electron chi connectivity index (χ4n) is 0.776. The van der Waals surface area contributed by atoms with Crippen LogP contribution in [-0.2, 0) is 9.53 Å². The third kappa shape index (κ3) is 8.26. The van der Waals surface area contributed by atoms with Gasteiger partial charge in [0.2, 0.25) is 5.91 Å². The number of hydrogen-bond acceptors (Lipinski definition) is 3. The summed E-state index contributed by atoms with van der Waals surface area (Å²) in [6, 6.07) is 0. The number of carbonyl (C=O) groups is 1. The molecule has 0 unspecified atom stereocenters. The van der Waals surface area contributed by atoms with Crippen LogP contribution in [0.4, 0.5) is 8.78 Å². The summed E-state index contributed by atoms with van der Waals surface area (Å²) in [5.74, 6) is -3.49. The minimum absolute atomic E-state index is 0.0308. The first-order chi connectivity index (χ1) is 6.87. The topological polar surface area (TPSA) is 64.3 Å². The van der Waals surface area contributed by atoms with Gasteiger partial charge >= 0.3 is 0 Å². The Morgan fingerprint density at radius 3 is 2.60 bits per heavy atom. The standard InChI is InChI=1S/C9H18F2N2O2/c1-7(2)15-4-3-8(14)13-6-9(10,11)5-12/h7H,3-6,12H2,1-2H3,(H,13,14). The van der Waals surface area contributed by atoms with E-state index in [1.165, 1.54) is 0 Å². The molecule has 0 heterocycles. The van der Waals surface area contributed by atoms with Crippen molar-refractivity contribution in [3.05, 3.63) is 0 Å². The van der Waals surface area contributed by atoms with Gasteiger partial charge in [-0.2, -0.15) is 0 Å². The summed E-state index contributed by atoms with van der Waals surface area (Å²) in [5, 5.41) is 2.10. The molecule has 1 amide bonds. The normalized spacial score (nSPS) is 11.9. The molecule has 90 valence electrons. The Bertz CT molecular complexity index is 199. The smallest absolute Gasteiger partial charge is 0.277 e. The average molecular weight is 224 g/mol. The first-order valence-electron chi connectivity index (χ1n) is 4.83. The third-order valence-electron chi connectivity index (χ3n) is 1.62. The second kappa shape index (κ2) is 6.68. The highest BCUT2D eigenvalue weighted by Crippen LogP contribution is 2.08. The number of amides is 1. The van der Waals surface area contributed by atoms with Crippen LogP contribution in [0.3, 0.4) is 0 Å². The molecule has 0 rings (SSSR count). The lowest BCUT2D eigenvalue weighted by Crippen LogP contribution is -2.41. The Balaban J connectivity index is 3.58. The van der Waals surface area contributed by atoms with Crippen LogP contribution in [0.25, 0.3) is 0 Å². The minimum Gasteiger partial charge on any atom is -0.378 e. The lowest BCUT2D eigenvalue weighted by atomic mass is 10.3. The highest BCUT2D eigenvalue weighted by atomic mass is 19.3. The van der Waals surface area contributed by atoms with Crippen LogP contribution < -0.4 is 11.1 Å². The molecule has 6 heteroatoms. The molecule has 0 aliphatic heterocycles. The summed E-state index contributed by atoms with van der Waals surface area (Å²) in [5.41, 5.74) is 4.81. The summed E-state index contributed by atoms with van der Waals surface area (Å²) in [6.45, 7) is 2.42. The molecule has 0 atom stereocenters. The maximum Gasteiger partial charge on any atom is 0.277 e. The second-order valence-corrected chi connectivity index (χ2v) is 3.51. The quantitative estimate of drug-likeness (QED) is 0.662. The van der Waals surface area contributed by atoms with Gasteiger partial charge in [-0.25, -0.2) is 8.78 Å². The van der Waals surface area contributed by atoms with Gasteiger partial charge in [0.25, 0.3) is 5.92 Å². The SMILES string of the molecule is CC(C)OCCC(=O)NCC(F)(F)CN. The van der Waals surface area contributed by atoms with E-state index in [4.69, 9.17) is 10.5 Å². The van der Waals surface area contributed by atoms with E-state index in [9.17, 15) is 13.6 Å². The molecule has 0 aromatic heterocycles. The predicted molar refractivity (Wildman–Crippen MR) is 52.7 cm³/mol. The number of carbonyl (C=O) groups excluding carboxylic acids is 1. The Labute approximate surface area is 88.2 Å². The second-order valence-electron chi connectivity index (χ2n) is 3.51. The maximum absolute atomic E-state index is 12.6. The van der Waals surface area contributed by atoms with Gasteiger partial charge in [-0.15, -0.1) is 0 Å². The van der Waals surface area contributed by atoms with Crippen molar-refractivity contribution in [2.45, 2.75) is 32.3 Å². The van der Waals surface area contributed by atoms with Gasteiger partial charge in [0.1, 0.15) is 0 Å². The fourth-order valence-corrected chi connectivity index (χ4v) is 0.776. The first kappa shape index (κ1) is 14.2. The van der Waals surface area contributed by atoms with E-state index in [2.05, 4.69) is 5.32 Å². The van der Waals surface area contributed by atoms with Crippen LogP contribution in [0, 0.1) is 0 Å². The molecule has 0 saturated heterocycles. The Morgan fingerprint density at radius 2 is 2.13 bits per heavy atom. The summed E-state index contributed by atoms with van der Waals surface area (Å²) in [6.07, 6.45) is 0.113. The van der Waals surface area contributed by atoms with Crippen LogP contribution >= 0.6 is 0 Å². The molecular formula is C9H18F2N2O2. The van der Waals surface area contributed by atoms with Crippen molar-refractivity contribution >= 4 is 5.91 Å². The van der Waals surface area contributed by atoms with Crippen LogP contribution in [0.2, 0.25) is 0 Å². The molecule has 15 heavy (non-hydrogen) atoms. The summed E-state index contributed by atoms with van der Waals surface area (Å²) >= 11 is 0. The minimum atomic E-state index is -3.03. The average Bonchev–Trinajstić information content (AvgIpc) is 2.14. The van der Waals surface area contributed by atoms with Gasteiger partial charge in [0.15, 0.2) is 0 Å². The molecule has 0 aliphatic carbocycles. The van der Waals surface area contributed by atoms with E-state index < -0.39 is 24.9 Å². The van der Waals surface area contributed by atoms with Crippen molar-refractivity contribution < 1.29 is 18.3 Å². The molecule has 0 radical (unpaired) electrons. The van der Waals surface area contributed by atoms with Gasteiger partial charge < -0.3 is 15.8 Å². The van der Waals surface area contributed by atoms with Crippen molar-refractivity contribution in [2.75, 3.05) is 19.7 Å². The molecule has 0 aromatic rings. The highest BCUT2D eigenvalue weighted by Gasteiger charge is 2.26. The van der Waals surface area contributed by atoms with E-state index in [0.29, 0.717) is 0 Å². The lowest BCUT2D eigenvalue weighted by Gasteiger charge is -2.14. The summed E-state index contributed by atoms with van der Waals surface area (Å²) in [7, 11) is 0. The van der Waals surface area contributed by atoms with Crippen molar-refractivity contribution in [1.82, 2.24) is 5.32 Å². The molecular weight excluding hydrogens is 206 g/mol. The van der Waals surface area contributed by atoms with E-state index in [-0.39, 0.29) is 19.1 Å². The predicted octanol–water partition coefficient (Wildman–Crippen LogP) is 0.512. The highest BCUT2D eigenvalue weighted by molar-refractivity contribution is 5.76. The van der Waals surface area contributed by atoms with E-state index in [0.717, 1.165) is 0 Å². The molecule has 0 aliphatic rings. The molecule has 0 aromatic carbocycles. The maximum atomic E-state index is 12.6. The van der Waals surface area contributed by atoms with Gasteiger partial charge in [0, 0.05) is 6.42 Å². The van der Waals surface area contributed by atoms with Gasteiger partial charge in [-0.05, 0) is 13.8 Å². The largest absolute Gasteiger partial charge is 0.378 e. The Morgan fingerprint density at radius 1 is 1.53 bits per heavy atom. The number of alkyl halides is 2. The molecule has 3 N–H and O–H groups in total. The number of hydrogen-bond donors (Lipinski definition) is 2. The number of ether oxygens (including phenoxy) is 1. The monoisotopic (exact) mass is 224 g/mol. The van der Waals surface area contributed by atoms with Gasteiger partial charge in [-0.3, -0.25) is 4.79 Å². The van der Waals surface area contributed by atoms with Crippen molar-refractivity contribution in [3.8, 4) is 0 Å². The van der Waals surface area contributed by atoms with Crippen LogP contribution in [0.5, 0.6) is 0 Å².